The third-order valence-corrected chi connectivity index (χ3v) is 6.55. The van der Waals surface area contributed by atoms with E-state index in [4.69, 9.17) is 15.2 Å². The maximum Gasteiger partial charge on any atom is 0.244 e. The minimum Gasteiger partial charge on any atom is -0.486 e. The standard InChI is InChI=1S/C16H24N2O4S.ClH/c1-12-5-2-3-8-16(12,11-17)18-23(19,20)14-7-4-6-13-15(14)22-10-9-21-13;/h4,6-7,12,18H,2-3,5,8-11,17H2,1H3;1H. The summed E-state index contributed by atoms with van der Waals surface area (Å²) in [6.45, 7) is 3.13. The Labute approximate surface area is 149 Å². The lowest BCUT2D eigenvalue weighted by molar-refractivity contribution is 0.166. The molecule has 3 N–H and O–H groups in total. The number of para-hydroxylation sites is 1. The number of nitrogens with one attached hydrogen (secondary N) is 1. The molecule has 2 atom stereocenters. The maximum atomic E-state index is 13.0. The molecule has 2 unspecified atom stereocenters. The molecule has 136 valence electrons. The molecule has 0 saturated heterocycles. The predicted octanol–water partition coefficient (Wildman–Crippen LogP) is 2.07. The highest BCUT2D eigenvalue weighted by Crippen LogP contribution is 2.39. The maximum absolute atomic E-state index is 13.0. The fourth-order valence-electron chi connectivity index (χ4n) is 3.49. The first kappa shape index (κ1) is 19.3. The Balaban J connectivity index is 0.00000208. The first-order valence-corrected chi connectivity index (χ1v) is 9.59. The first-order chi connectivity index (χ1) is 11.0. The van der Waals surface area contributed by atoms with E-state index in [1.54, 1.807) is 18.2 Å². The van der Waals surface area contributed by atoms with Crippen LogP contribution < -0.4 is 19.9 Å². The van der Waals surface area contributed by atoms with Gasteiger partial charge in [0, 0.05) is 12.1 Å². The fourth-order valence-corrected chi connectivity index (χ4v) is 5.18. The quantitative estimate of drug-likeness (QED) is 0.839. The summed E-state index contributed by atoms with van der Waals surface area (Å²) in [5.41, 5.74) is 5.38. The Morgan fingerprint density at radius 2 is 2.04 bits per heavy atom. The van der Waals surface area contributed by atoms with Gasteiger partial charge in [-0.2, -0.15) is 0 Å². The molecule has 1 aliphatic carbocycles. The van der Waals surface area contributed by atoms with Crippen molar-refractivity contribution in [3.63, 3.8) is 0 Å². The van der Waals surface area contributed by atoms with Crippen molar-refractivity contribution in [2.24, 2.45) is 11.7 Å². The minimum absolute atomic E-state index is 0. The van der Waals surface area contributed by atoms with E-state index >= 15 is 0 Å². The molecule has 0 bridgehead atoms. The van der Waals surface area contributed by atoms with Crippen molar-refractivity contribution in [2.75, 3.05) is 19.8 Å². The number of halogens is 1. The molecule has 6 nitrogen and oxygen atoms in total. The minimum atomic E-state index is -3.74. The Kier molecular flexibility index (Phi) is 6.01. The van der Waals surface area contributed by atoms with Gasteiger partial charge in [-0.05, 0) is 30.9 Å². The number of nitrogens with two attached hydrogens (primary N) is 1. The van der Waals surface area contributed by atoms with Crippen molar-refractivity contribution in [1.29, 1.82) is 0 Å². The third kappa shape index (κ3) is 3.49. The first-order valence-electron chi connectivity index (χ1n) is 8.11. The lowest BCUT2D eigenvalue weighted by atomic mass is 9.74. The second kappa shape index (κ2) is 7.47. The van der Waals surface area contributed by atoms with E-state index in [0.717, 1.165) is 25.7 Å². The van der Waals surface area contributed by atoms with E-state index in [1.165, 1.54) is 0 Å². The van der Waals surface area contributed by atoms with Gasteiger partial charge < -0.3 is 15.2 Å². The van der Waals surface area contributed by atoms with Crippen LogP contribution in [0.4, 0.5) is 0 Å². The molecule has 1 aromatic carbocycles. The van der Waals surface area contributed by atoms with E-state index in [0.29, 0.717) is 31.3 Å². The average molecular weight is 377 g/mol. The monoisotopic (exact) mass is 376 g/mol. The zero-order valence-electron chi connectivity index (χ0n) is 13.8. The van der Waals surface area contributed by atoms with Gasteiger partial charge in [0.25, 0.3) is 0 Å². The van der Waals surface area contributed by atoms with Crippen molar-refractivity contribution in [1.82, 2.24) is 4.72 Å². The van der Waals surface area contributed by atoms with Crippen LogP contribution in [-0.4, -0.2) is 33.7 Å². The molecule has 0 spiro atoms. The number of fused-ring (bicyclic) bond motifs is 1. The highest BCUT2D eigenvalue weighted by molar-refractivity contribution is 7.89. The van der Waals surface area contributed by atoms with Crippen molar-refractivity contribution in [3.8, 4) is 11.5 Å². The van der Waals surface area contributed by atoms with E-state index in [1.807, 2.05) is 0 Å². The molecular weight excluding hydrogens is 352 g/mol. The summed E-state index contributed by atoms with van der Waals surface area (Å²) < 4.78 is 39.9. The molecule has 1 aliphatic heterocycles. The van der Waals surface area contributed by atoms with Gasteiger partial charge in [-0.15, -0.1) is 12.4 Å². The number of rotatable bonds is 4. The largest absolute Gasteiger partial charge is 0.486 e. The smallest absolute Gasteiger partial charge is 0.244 e. The van der Waals surface area contributed by atoms with Crippen LogP contribution in [0.25, 0.3) is 0 Å². The molecule has 1 heterocycles. The zero-order chi connectivity index (χ0) is 16.5. The Morgan fingerprint density at radius 1 is 1.29 bits per heavy atom. The van der Waals surface area contributed by atoms with Gasteiger partial charge in [0.15, 0.2) is 11.5 Å². The summed E-state index contributed by atoms with van der Waals surface area (Å²) in [6.07, 6.45) is 3.83. The highest BCUT2D eigenvalue weighted by atomic mass is 35.5. The molecule has 24 heavy (non-hydrogen) atoms. The van der Waals surface area contributed by atoms with Crippen molar-refractivity contribution < 1.29 is 17.9 Å². The van der Waals surface area contributed by atoms with Crippen molar-refractivity contribution in [2.45, 2.75) is 43.0 Å². The molecular formula is C16H25ClN2O4S. The van der Waals surface area contributed by atoms with Gasteiger partial charge in [0.2, 0.25) is 10.0 Å². The number of sulfonamides is 1. The summed E-state index contributed by atoms with van der Waals surface area (Å²) >= 11 is 0. The van der Waals surface area contributed by atoms with E-state index < -0.39 is 15.6 Å². The second-order valence-corrected chi connectivity index (χ2v) is 8.04. The number of benzene rings is 1. The van der Waals surface area contributed by atoms with Crippen LogP contribution in [-0.2, 0) is 10.0 Å². The van der Waals surface area contributed by atoms with Crippen LogP contribution in [0, 0.1) is 5.92 Å². The van der Waals surface area contributed by atoms with Crippen LogP contribution in [0.1, 0.15) is 32.6 Å². The summed E-state index contributed by atoms with van der Waals surface area (Å²) in [6, 6.07) is 4.94. The molecule has 3 rings (SSSR count). The fraction of sp³-hybridized carbons (Fsp3) is 0.625. The van der Waals surface area contributed by atoms with Crippen molar-refractivity contribution in [3.05, 3.63) is 18.2 Å². The lowest BCUT2D eigenvalue weighted by Crippen LogP contribution is -2.59. The second-order valence-electron chi connectivity index (χ2n) is 6.39. The van der Waals surface area contributed by atoms with Crippen molar-refractivity contribution >= 4 is 22.4 Å². The van der Waals surface area contributed by atoms with Gasteiger partial charge in [0.1, 0.15) is 18.1 Å². The molecule has 1 saturated carbocycles. The van der Waals surface area contributed by atoms with E-state index in [2.05, 4.69) is 11.6 Å². The summed E-state index contributed by atoms with van der Waals surface area (Å²) in [5, 5.41) is 0. The summed E-state index contributed by atoms with van der Waals surface area (Å²) in [4.78, 5) is 0.125. The number of hydrogen-bond acceptors (Lipinski definition) is 5. The van der Waals surface area contributed by atoms with Gasteiger partial charge in [-0.3, -0.25) is 0 Å². The molecule has 8 heteroatoms. The van der Waals surface area contributed by atoms with Gasteiger partial charge in [-0.25, -0.2) is 13.1 Å². The highest BCUT2D eigenvalue weighted by Gasteiger charge is 2.41. The van der Waals surface area contributed by atoms with Gasteiger partial charge in [-0.1, -0.05) is 25.8 Å². The number of hydrogen-bond donors (Lipinski definition) is 2. The molecule has 2 aliphatic rings. The molecule has 1 aromatic rings. The van der Waals surface area contributed by atoms with Crippen LogP contribution in [0.5, 0.6) is 11.5 Å². The van der Waals surface area contributed by atoms with Crippen LogP contribution in [0.3, 0.4) is 0 Å². The Hall–Kier alpha value is -1.02. The molecule has 0 aromatic heterocycles. The molecule has 0 amide bonds. The number of ether oxygens (including phenoxy) is 2. The molecule has 0 radical (unpaired) electrons. The lowest BCUT2D eigenvalue weighted by Gasteiger charge is -2.42. The van der Waals surface area contributed by atoms with E-state index in [-0.39, 0.29) is 23.2 Å². The van der Waals surface area contributed by atoms with Gasteiger partial charge in [0.05, 0.1) is 0 Å². The van der Waals surface area contributed by atoms with E-state index in [9.17, 15) is 8.42 Å². The Bertz CT molecular complexity index is 683. The predicted molar refractivity (Wildman–Crippen MR) is 94.4 cm³/mol. The van der Waals surface area contributed by atoms with Gasteiger partial charge >= 0.3 is 0 Å². The van der Waals surface area contributed by atoms with Crippen LogP contribution in [0.15, 0.2) is 23.1 Å². The summed E-state index contributed by atoms with van der Waals surface area (Å²) in [5.74, 6) is 0.965. The molecule has 1 fully saturated rings. The Morgan fingerprint density at radius 3 is 2.75 bits per heavy atom. The average Bonchev–Trinajstić information content (AvgIpc) is 2.56. The normalized spacial score (nSPS) is 26.5. The van der Waals surface area contributed by atoms with Crippen LogP contribution in [0.2, 0.25) is 0 Å². The zero-order valence-corrected chi connectivity index (χ0v) is 15.4. The summed E-state index contributed by atoms with van der Waals surface area (Å²) in [7, 11) is -3.74. The SMILES string of the molecule is CC1CCCCC1(CN)NS(=O)(=O)c1cccc2c1OCCO2.Cl. The third-order valence-electron chi connectivity index (χ3n) is 4.97. The topological polar surface area (TPSA) is 90.7 Å². The van der Waals surface area contributed by atoms with Crippen LogP contribution >= 0.6 is 12.4 Å².